The maximum Gasteiger partial charge on any atom is 0.234 e. The molecule has 0 bridgehead atoms. The van der Waals surface area contributed by atoms with Gasteiger partial charge in [0.05, 0.1) is 23.3 Å². The van der Waals surface area contributed by atoms with Gasteiger partial charge in [0.1, 0.15) is 5.01 Å². The number of nitrogens with zero attached hydrogens (tertiary/aromatic N) is 2. The Hall–Kier alpha value is -1.66. The summed E-state index contributed by atoms with van der Waals surface area (Å²) in [5.41, 5.74) is 1.84. The normalized spacial score (nSPS) is 11.2. The van der Waals surface area contributed by atoms with Gasteiger partial charge in [-0.25, -0.2) is 4.98 Å². The second-order valence-corrected chi connectivity index (χ2v) is 7.72. The standard InChI is InChI=1S/C18H17Cl2N3OS/c1-23(11-18-22-15-4-2-3-5-16(15)25-18)10-17(24)21-9-12-6-7-13(19)8-14(12)20/h2-8H,9-11H2,1H3,(H,21,24). The van der Waals surface area contributed by atoms with E-state index in [9.17, 15) is 4.79 Å². The van der Waals surface area contributed by atoms with E-state index in [1.165, 1.54) is 0 Å². The first-order valence-corrected chi connectivity index (χ1v) is 9.32. The maximum absolute atomic E-state index is 12.1. The van der Waals surface area contributed by atoms with Crippen LogP contribution in [0.4, 0.5) is 0 Å². The average molecular weight is 394 g/mol. The van der Waals surface area contributed by atoms with E-state index in [1.54, 1.807) is 23.5 Å². The summed E-state index contributed by atoms with van der Waals surface area (Å²) >= 11 is 13.6. The molecular weight excluding hydrogens is 377 g/mol. The number of carbonyl (C=O) groups is 1. The Kier molecular flexibility index (Phi) is 5.91. The Labute approximate surface area is 160 Å². The predicted molar refractivity (Wildman–Crippen MR) is 104 cm³/mol. The van der Waals surface area contributed by atoms with Crippen molar-refractivity contribution >= 4 is 50.7 Å². The van der Waals surface area contributed by atoms with Gasteiger partial charge in [-0.1, -0.05) is 41.4 Å². The van der Waals surface area contributed by atoms with Gasteiger partial charge in [-0.15, -0.1) is 11.3 Å². The average Bonchev–Trinajstić information content (AvgIpc) is 2.95. The molecule has 0 aliphatic carbocycles. The Morgan fingerprint density at radius 3 is 2.80 bits per heavy atom. The first-order valence-electron chi connectivity index (χ1n) is 7.75. The number of para-hydroxylation sites is 1. The number of benzene rings is 2. The summed E-state index contributed by atoms with van der Waals surface area (Å²) in [7, 11) is 1.90. The summed E-state index contributed by atoms with van der Waals surface area (Å²) in [5, 5.41) is 5.01. The second kappa shape index (κ2) is 8.15. The minimum atomic E-state index is -0.0605. The lowest BCUT2D eigenvalue weighted by atomic mass is 10.2. The first-order chi connectivity index (χ1) is 12.0. The number of likely N-dealkylation sites (N-methyl/N-ethyl adjacent to an activating group) is 1. The molecule has 1 amide bonds. The van der Waals surface area contributed by atoms with Crippen LogP contribution in [-0.4, -0.2) is 29.4 Å². The van der Waals surface area contributed by atoms with Crippen molar-refractivity contribution in [2.24, 2.45) is 0 Å². The molecule has 3 rings (SSSR count). The Bertz CT molecular complexity index is 864. The summed E-state index contributed by atoms with van der Waals surface area (Å²) in [5.74, 6) is -0.0605. The molecule has 0 radical (unpaired) electrons. The lowest BCUT2D eigenvalue weighted by molar-refractivity contribution is -0.122. The van der Waals surface area contributed by atoms with Crippen molar-refractivity contribution in [3.05, 3.63) is 63.1 Å². The Morgan fingerprint density at radius 2 is 2.04 bits per heavy atom. The zero-order valence-corrected chi connectivity index (χ0v) is 16.0. The minimum Gasteiger partial charge on any atom is -0.351 e. The third kappa shape index (κ3) is 4.92. The number of fused-ring (bicyclic) bond motifs is 1. The van der Waals surface area contributed by atoms with Crippen LogP contribution in [0.3, 0.4) is 0 Å². The molecule has 0 saturated heterocycles. The quantitative estimate of drug-likeness (QED) is 0.676. The van der Waals surface area contributed by atoms with E-state index in [0.29, 0.717) is 29.7 Å². The smallest absolute Gasteiger partial charge is 0.234 e. The number of rotatable bonds is 6. The van der Waals surface area contributed by atoms with E-state index >= 15 is 0 Å². The van der Waals surface area contributed by atoms with Gasteiger partial charge in [0.15, 0.2) is 0 Å². The molecule has 0 unspecified atom stereocenters. The van der Waals surface area contributed by atoms with Gasteiger partial charge in [-0.05, 0) is 36.9 Å². The molecule has 25 heavy (non-hydrogen) atoms. The number of hydrogen-bond donors (Lipinski definition) is 1. The van der Waals surface area contributed by atoms with E-state index in [2.05, 4.69) is 16.4 Å². The molecule has 1 heterocycles. The van der Waals surface area contributed by atoms with Crippen molar-refractivity contribution in [3.63, 3.8) is 0 Å². The molecule has 3 aromatic rings. The fourth-order valence-electron chi connectivity index (χ4n) is 2.43. The van der Waals surface area contributed by atoms with Gasteiger partial charge in [0.2, 0.25) is 5.91 Å². The van der Waals surface area contributed by atoms with Crippen LogP contribution in [0.15, 0.2) is 42.5 Å². The highest BCUT2D eigenvalue weighted by Gasteiger charge is 2.11. The maximum atomic E-state index is 12.1. The van der Waals surface area contributed by atoms with Gasteiger partial charge in [-0.3, -0.25) is 9.69 Å². The van der Waals surface area contributed by atoms with Crippen LogP contribution in [0.25, 0.3) is 10.2 Å². The van der Waals surface area contributed by atoms with E-state index < -0.39 is 0 Å². The molecule has 0 aliphatic heterocycles. The Balaban J connectivity index is 1.51. The molecule has 2 aromatic carbocycles. The highest BCUT2D eigenvalue weighted by Crippen LogP contribution is 2.22. The number of thiazole rings is 1. The van der Waals surface area contributed by atoms with Gasteiger partial charge in [0.25, 0.3) is 0 Å². The largest absolute Gasteiger partial charge is 0.351 e. The van der Waals surface area contributed by atoms with Crippen molar-refractivity contribution < 1.29 is 4.79 Å². The van der Waals surface area contributed by atoms with Crippen molar-refractivity contribution in [3.8, 4) is 0 Å². The van der Waals surface area contributed by atoms with Crippen LogP contribution in [0.1, 0.15) is 10.6 Å². The number of halogens is 2. The topological polar surface area (TPSA) is 45.2 Å². The molecule has 0 saturated carbocycles. The van der Waals surface area contributed by atoms with E-state index in [4.69, 9.17) is 23.2 Å². The monoisotopic (exact) mass is 393 g/mol. The van der Waals surface area contributed by atoms with Crippen LogP contribution >= 0.6 is 34.5 Å². The van der Waals surface area contributed by atoms with Gasteiger partial charge < -0.3 is 5.32 Å². The zero-order valence-electron chi connectivity index (χ0n) is 13.6. The van der Waals surface area contributed by atoms with Crippen LogP contribution in [0, 0.1) is 0 Å². The van der Waals surface area contributed by atoms with Crippen molar-refractivity contribution in [1.82, 2.24) is 15.2 Å². The number of carbonyl (C=O) groups excluding carboxylic acids is 1. The molecule has 1 N–H and O–H groups in total. The molecule has 7 heteroatoms. The molecule has 0 fully saturated rings. The minimum absolute atomic E-state index is 0.0605. The number of hydrogen-bond acceptors (Lipinski definition) is 4. The molecule has 0 atom stereocenters. The molecule has 1 aromatic heterocycles. The second-order valence-electron chi connectivity index (χ2n) is 5.76. The van der Waals surface area contributed by atoms with E-state index in [0.717, 1.165) is 20.8 Å². The van der Waals surface area contributed by atoms with Crippen LogP contribution in [0.2, 0.25) is 10.0 Å². The highest BCUT2D eigenvalue weighted by molar-refractivity contribution is 7.18. The van der Waals surface area contributed by atoms with Gasteiger partial charge in [0, 0.05) is 16.6 Å². The van der Waals surface area contributed by atoms with E-state index in [-0.39, 0.29) is 5.91 Å². The summed E-state index contributed by atoms with van der Waals surface area (Å²) in [6.45, 7) is 1.30. The number of amides is 1. The van der Waals surface area contributed by atoms with Crippen molar-refractivity contribution in [2.45, 2.75) is 13.1 Å². The molecule has 4 nitrogen and oxygen atoms in total. The SMILES string of the molecule is CN(CC(=O)NCc1ccc(Cl)cc1Cl)Cc1nc2ccccc2s1. The van der Waals surface area contributed by atoms with Crippen LogP contribution in [-0.2, 0) is 17.9 Å². The van der Waals surface area contributed by atoms with Crippen molar-refractivity contribution in [1.29, 1.82) is 0 Å². The number of nitrogens with one attached hydrogen (secondary N) is 1. The van der Waals surface area contributed by atoms with Crippen LogP contribution in [0.5, 0.6) is 0 Å². The summed E-state index contributed by atoms with van der Waals surface area (Å²) < 4.78 is 1.16. The Morgan fingerprint density at radius 1 is 1.24 bits per heavy atom. The zero-order chi connectivity index (χ0) is 17.8. The number of aromatic nitrogens is 1. The van der Waals surface area contributed by atoms with Crippen LogP contribution < -0.4 is 5.32 Å². The summed E-state index contributed by atoms with van der Waals surface area (Å²) in [4.78, 5) is 18.7. The fraction of sp³-hybridized carbons (Fsp3) is 0.222. The highest BCUT2D eigenvalue weighted by atomic mass is 35.5. The fourth-order valence-corrected chi connectivity index (χ4v) is 3.96. The van der Waals surface area contributed by atoms with Gasteiger partial charge in [-0.2, -0.15) is 0 Å². The third-order valence-corrected chi connectivity index (χ3v) is 5.26. The summed E-state index contributed by atoms with van der Waals surface area (Å²) in [6, 6.07) is 13.3. The third-order valence-electron chi connectivity index (χ3n) is 3.65. The summed E-state index contributed by atoms with van der Waals surface area (Å²) in [6.07, 6.45) is 0. The lowest BCUT2D eigenvalue weighted by Crippen LogP contribution is -2.34. The predicted octanol–water partition coefficient (Wildman–Crippen LogP) is 4.35. The van der Waals surface area contributed by atoms with E-state index in [1.807, 2.05) is 36.2 Å². The molecule has 0 spiro atoms. The molecule has 130 valence electrons. The van der Waals surface area contributed by atoms with Crippen molar-refractivity contribution in [2.75, 3.05) is 13.6 Å². The van der Waals surface area contributed by atoms with Gasteiger partial charge >= 0.3 is 0 Å². The molecule has 0 aliphatic rings. The lowest BCUT2D eigenvalue weighted by Gasteiger charge is -2.15. The molecular formula is C18H17Cl2N3OS. The first kappa shape index (κ1) is 18.1.